The number of rotatable bonds is 5. The third-order valence-corrected chi connectivity index (χ3v) is 4.25. The van der Waals surface area contributed by atoms with Crippen molar-refractivity contribution >= 4 is 27.4 Å². The van der Waals surface area contributed by atoms with Crippen LogP contribution in [0.15, 0.2) is 10.5 Å². The van der Waals surface area contributed by atoms with Crippen LogP contribution < -0.4 is 5.32 Å². The van der Waals surface area contributed by atoms with Gasteiger partial charge in [-0.2, -0.15) is 8.78 Å². The third kappa shape index (κ3) is 4.33. The number of halogens is 3. The number of nitro groups is 1. The molecule has 0 atom stereocenters. The first-order chi connectivity index (χ1) is 10.4. The van der Waals surface area contributed by atoms with Crippen molar-refractivity contribution in [3.05, 3.63) is 26.3 Å². The summed E-state index contributed by atoms with van der Waals surface area (Å²) < 4.78 is 29.3. The summed E-state index contributed by atoms with van der Waals surface area (Å²) in [6, 6.07) is 1.50. The molecule has 1 aromatic rings. The van der Waals surface area contributed by atoms with Gasteiger partial charge in [0.25, 0.3) is 5.69 Å². The maximum Gasteiger partial charge on any atom is 0.345 e. The van der Waals surface area contributed by atoms with Crippen molar-refractivity contribution in [2.24, 2.45) is 0 Å². The summed E-state index contributed by atoms with van der Waals surface area (Å²) >= 11 is 3.27. The van der Waals surface area contributed by atoms with Crippen LogP contribution in [0.25, 0.3) is 0 Å². The zero-order valence-electron chi connectivity index (χ0n) is 11.9. The molecule has 1 saturated carbocycles. The molecule has 2 rings (SSSR count). The Bertz CT molecular complexity index is 552. The van der Waals surface area contributed by atoms with E-state index in [1.807, 2.05) is 0 Å². The molecule has 1 aliphatic rings. The summed E-state index contributed by atoms with van der Waals surface area (Å²) in [5.74, 6) is 0.529. The van der Waals surface area contributed by atoms with E-state index < -0.39 is 17.6 Å². The quantitative estimate of drug-likeness (QED) is 0.617. The highest BCUT2D eigenvalue weighted by Crippen LogP contribution is 2.31. The second-order valence-corrected chi connectivity index (χ2v) is 6.05. The molecule has 1 fully saturated rings. The predicted molar refractivity (Wildman–Crippen MR) is 80.1 cm³/mol. The Kier molecular flexibility index (Phi) is 5.63. The number of anilines is 1. The van der Waals surface area contributed by atoms with Gasteiger partial charge in [0.05, 0.1) is 15.5 Å². The first kappa shape index (κ1) is 17.0. The van der Waals surface area contributed by atoms with Gasteiger partial charge in [0.15, 0.2) is 0 Å². The van der Waals surface area contributed by atoms with E-state index in [4.69, 9.17) is 0 Å². The molecular weight excluding hydrogens is 364 g/mol. The molecule has 1 aromatic heterocycles. The number of aromatic nitrogens is 1. The Hall–Kier alpha value is -1.35. The molecule has 22 heavy (non-hydrogen) atoms. The van der Waals surface area contributed by atoms with Crippen LogP contribution in [0.4, 0.5) is 20.3 Å². The fourth-order valence-corrected chi connectivity index (χ4v) is 2.96. The van der Waals surface area contributed by atoms with Crippen LogP contribution in [0.5, 0.6) is 0 Å². The lowest BCUT2D eigenvalue weighted by Gasteiger charge is -2.29. The minimum atomic E-state index is -2.73. The number of alkyl halides is 2. The van der Waals surface area contributed by atoms with Crippen LogP contribution in [0.1, 0.15) is 31.4 Å². The molecule has 1 N–H and O–H groups in total. The number of nitrogens with zero attached hydrogens (tertiary/aromatic N) is 2. The van der Waals surface area contributed by atoms with Crippen molar-refractivity contribution < 1.29 is 18.4 Å². The number of pyridine rings is 1. The van der Waals surface area contributed by atoms with Crippen molar-refractivity contribution in [3.8, 4) is 0 Å². The van der Waals surface area contributed by atoms with Gasteiger partial charge in [0, 0.05) is 12.1 Å². The van der Waals surface area contributed by atoms with Gasteiger partial charge >= 0.3 is 6.61 Å². The maximum absolute atomic E-state index is 12.2. The fraction of sp³-hybridized carbons (Fsp3) is 0.615. The zero-order valence-corrected chi connectivity index (χ0v) is 13.5. The molecule has 0 unspecified atom stereocenters. The Morgan fingerprint density at radius 2 is 2.09 bits per heavy atom. The number of hydrogen-bond donors (Lipinski definition) is 1. The monoisotopic (exact) mass is 379 g/mol. The van der Waals surface area contributed by atoms with Gasteiger partial charge in [-0.25, -0.2) is 4.98 Å². The average molecular weight is 380 g/mol. The van der Waals surface area contributed by atoms with Gasteiger partial charge in [-0.1, -0.05) is 0 Å². The summed E-state index contributed by atoms with van der Waals surface area (Å²) in [5.41, 5.74) is 0.275. The highest BCUT2D eigenvalue weighted by atomic mass is 79.9. The lowest BCUT2D eigenvalue weighted by molar-refractivity contribution is -0.385. The Morgan fingerprint density at radius 1 is 1.45 bits per heavy atom. The standard InChI is InChI=1S/C13H16BrF2N3O3/c1-7-11(19(20)21)6-10(14)12(17-7)18-8-2-4-9(5-3-8)22-13(15)16/h6,8-9,13H,2-5H2,1H3,(H,17,18)/t8-,9+. The normalized spacial score (nSPS) is 21.9. The van der Waals surface area contributed by atoms with Gasteiger partial charge in [0.2, 0.25) is 0 Å². The lowest BCUT2D eigenvalue weighted by atomic mass is 9.93. The number of hydrogen-bond acceptors (Lipinski definition) is 5. The molecule has 9 heteroatoms. The van der Waals surface area contributed by atoms with Crippen LogP contribution in [0.3, 0.4) is 0 Å². The minimum Gasteiger partial charge on any atom is -0.366 e. The Labute approximate surface area is 134 Å². The first-order valence-corrected chi connectivity index (χ1v) is 7.67. The summed E-state index contributed by atoms with van der Waals surface area (Å²) in [4.78, 5) is 14.6. The summed E-state index contributed by atoms with van der Waals surface area (Å²) in [6.07, 6.45) is 2.05. The van der Waals surface area contributed by atoms with E-state index in [9.17, 15) is 18.9 Å². The van der Waals surface area contributed by atoms with Gasteiger partial charge in [-0.05, 0) is 48.5 Å². The Morgan fingerprint density at radius 3 is 2.64 bits per heavy atom. The first-order valence-electron chi connectivity index (χ1n) is 6.88. The molecule has 0 spiro atoms. The van der Waals surface area contributed by atoms with Gasteiger partial charge < -0.3 is 10.1 Å². The van der Waals surface area contributed by atoms with E-state index in [-0.39, 0.29) is 11.7 Å². The fourth-order valence-electron chi connectivity index (χ4n) is 2.54. The second-order valence-electron chi connectivity index (χ2n) is 5.20. The zero-order chi connectivity index (χ0) is 16.3. The highest BCUT2D eigenvalue weighted by Gasteiger charge is 2.25. The molecule has 0 amide bonds. The molecule has 6 nitrogen and oxygen atoms in total. The van der Waals surface area contributed by atoms with Crippen molar-refractivity contribution in [2.75, 3.05) is 5.32 Å². The Balaban J connectivity index is 1.98. The number of nitrogens with one attached hydrogen (secondary N) is 1. The van der Waals surface area contributed by atoms with Gasteiger partial charge in [-0.15, -0.1) is 0 Å². The second kappa shape index (κ2) is 7.28. The third-order valence-electron chi connectivity index (χ3n) is 3.65. The smallest absolute Gasteiger partial charge is 0.345 e. The lowest BCUT2D eigenvalue weighted by Crippen LogP contribution is -2.31. The van der Waals surface area contributed by atoms with E-state index in [0.717, 1.165) is 0 Å². The van der Waals surface area contributed by atoms with E-state index in [2.05, 4.69) is 31.0 Å². The molecule has 0 aliphatic heterocycles. The minimum absolute atomic E-state index is 0.0496. The molecule has 122 valence electrons. The average Bonchev–Trinajstić information content (AvgIpc) is 2.43. The van der Waals surface area contributed by atoms with Crippen molar-refractivity contribution in [1.29, 1.82) is 0 Å². The molecule has 0 bridgehead atoms. The number of ether oxygens (including phenoxy) is 1. The van der Waals surface area contributed by atoms with Crippen LogP contribution in [0.2, 0.25) is 0 Å². The largest absolute Gasteiger partial charge is 0.366 e. The summed E-state index contributed by atoms with van der Waals surface area (Å²) in [6.45, 7) is -1.16. The number of aryl methyl sites for hydroxylation is 1. The predicted octanol–water partition coefficient (Wildman–Crippen LogP) is 4.02. The summed E-state index contributed by atoms with van der Waals surface area (Å²) in [5, 5.41) is 14.1. The van der Waals surface area contributed by atoms with E-state index >= 15 is 0 Å². The maximum atomic E-state index is 12.2. The van der Waals surface area contributed by atoms with Crippen LogP contribution >= 0.6 is 15.9 Å². The molecule has 0 radical (unpaired) electrons. The molecule has 1 aliphatic carbocycles. The van der Waals surface area contributed by atoms with Crippen molar-refractivity contribution in [2.45, 2.75) is 51.4 Å². The molecular formula is C13H16BrF2N3O3. The molecule has 0 aromatic carbocycles. The van der Waals surface area contributed by atoms with Gasteiger partial charge in [-0.3, -0.25) is 10.1 Å². The van der Waals surface area contributed by atoms with Crippen molar-refractivity contribution in [3.63, 3.8) is 0 Å². The van der Waals surface area contributed by atoms with E-state index in [1.165, 1.54) is 6.07 Å². The molecule has 0 saturated heterocycles. The highest BCUT2D eigenvalue weighted by molar-refractivity contribution is 9.10. The van der Waals surface area contributed by atoms with Crippen LogP contribution in [-0.2, 0) is 4.74 Å². The van der Waals surface area contributed by atoms with Crippen LogP contribution in [0, 0.1) is 17.0 Å². The van der Waals surface area contributed by atoms with E-state index in [1.54, 1.807) is 6.92 Å². The summed E-state index contributed by atoms with van der Waals surface area (Å²) in [7, 11) is 0. The van der Waals surface area contributed by atoms with E-state index in [0.29, 0.717) is 41.7 Å². The van der Waals surface area contributed by atoms with Crippen molar-refractivity contribution in [1.82, 2.24) is 4.98 Å². The SMILES string of the molecule is Cc1nc(N[C@H]2CC[C@@H](OC(F)F)CC2)c(Br)cc1[N+](=O)[O-]. The topological polar surface area (TPSA) is 77.3 Å². The molecule has 1 heterocycles. The van der Waals surface area contributed by atoms with Gasteiger partial charge in [0.1, 0.15) is 11.5 Å². The van der Waals surface area contributed by atoms with Crippen LogP contribution in [-0.4, -0.2) is 28.7 Å².